The molecule has 1 aromatic carbocycles. The normalized spacial score (nSPS) is 19.3. The van der Waals surface area contributed by atoms with Gasteiger partial charge in [-0.2, -0.15) is 0 Å². The number of ether oxygens (including phenoxy) is 2. The highest BCUT2D eigenvalue weighted by atomic mass is 79.9. The lowest BCUT2D eigenvalue weighted by Crippen LogP contribution is -2.40. The minimum Gasteiger partial charge on any atom is -0.491 e. The van der Waals surface area contributed by atoms with Crippen LogP contribution in [-0.4, -0.2) is 42.5 Å². The standard InChI is InChI=1S/C18H24BrFN2O4/c1-18(2,3)26-17(24)21-10-4-6-22(8-10)15-12(9-23)13(19)14(20)11-5-7-25-16(11)15/h10,23H,4-9H2,1-3H3,(H,21,24). The van der Waals surface area contributed by atoms with Crippen LogP contribution in [-0.2, 0) is 17.8 Å². The number of nitrogens with one attached hydrogen (secondary N) is 1. The summed E-state index contributed by atoms with van der Waals surface area (Å²) in [5.74, 6) is 0.139. The van der Waals surface area contributed by atoms with Gasteiger partial charge in [-0.15, -0.1) is 0 Å². The summed E-state index contributed by atoms with van der Waals surface area (Å²) in [6, 6.07) is -0.0859. The highest BCUT2D eigenvalue weighted by molar-refractivity contribution is 9.10. The molecule has 1 atom stereocenters. The van der Waals surface area contributed by atoms with E-state index < -0.39 is 11.7 Å². The van der Waals surface area contributed by atoms with Crippen molar-refractivity contribution in [1.29, 1.82) is 0 Å². The Hall–Kier alpha value is -1.54. The van der Waals surface area contributed by atoms with Gasteiger partial charge in [0.1, 0.15) is 17.2 Å². The van der Waals surface area contributed by atoms with Crippen molar-refractivity contribution in [3.8, 4) is 5.75 Å². The lowest BCUT2D eigenvalue weighted by molar-refractivity contribution is 0.0509. The lowest BCUT2D eigenvalue weighted by atomic mass is 10.0. The summed E-state index contributed by atoms with van der Waals surface area (Å²) in [5.41, 5.74) is 1.17. The van der Waals surface area contributed by atoms with Crippen molar-refractivity contribution in [3.63, 3.8) is 0 Å². The third kappa shape index (κ3) is 3.76. The summed E-state index contributed by atoms with van der Waals surface area (Å²) in [5, 5.41) is 12.7. The van der Waals surface area contributed by atoms with E-state index in [9.17, 15) is 14.3 Å². The van der Waals surface area contributed by atoms with Crippen molar-refractivity contribution < 1.29 is 23.8 Å². The molecule has 1 fully saturated rings. The van der Waals surface area contributed by atoms with Crippen LogP contribution >= 0.6 is 15.9 Å². The molecule has 3 rings (SSSR count). The van der Waals surface area contributed by atoms with Crippen LogP contribution in [0.2, 0.25) is 0 Å². The Morgan fingerprint density at radius 2 is 2.23 bits per heavy atom. The van der Waals surface area contributed by atoms with Crippen LogP contribution in [0.15, 0.2) is 4.47 Å². The number of alkyl carbamates (subject to hydrolysis) is 1. The van der Waals surface area contributed by atoms with E-state index in [2.05, 4.69) is 21.2 Å². The van der Waals surface area contributed by atoms with E-state index in [0.29, 0.717) is 48.7 Å². The highest BCUT2D eigenvalue weighted by Crippen LogP contribution is 2.46. The largest absolute Gasteiger partial charge is 0.491 e. The van der Waals surface area contributed by atoms with Crippen LogP contribution in [0.5, 0.6) is 5.75 Å². The van der Waals surface area contributed by atoms with Gasteiger partial charge in [0.15, 0.2) is 0 Å². The van der Waals surface area contributed by atoms with Crippen LogP contribution in [0.25, 0.3) is 0 Å². The van der Waals surface area contributed by atoms with Crippen LogP contribution in [0.1, 0.15) is 38.3 Å². The molecule has 6 nitrogen and oxygen atoms in total. The number of anilines is 1. The number of nitrogens with zero attached hydrogens (tertiary/aromatic N) is 1. The first-order valence-corrected chi connectivity index (χ1v) is 9.51. The van der Waals surface area contributed by atoms with Gasteiger partial charge in [0.05, 0.1) is 29.4 Å². The highest BCUT2D eigenvalue weighted by Gasteiger charge is 2.34. The van der Waals surface area contributed by atoms with Crippen molar-refractivity contribution in [2.24, 2.45) is 0 Å². The molecule has 0 saturated carbocycles. The maximum atomic E-state index is 14.5. The summed E-state index contributed by atoms with van der Waals surface area (Å²) in [4.78, 5) is 14.0. The van der Waals surface area contributed by atoms with E-state index in [-0.39, 0.29) is 22.9 Å². The Labute approximate surface area is 160 Å². The van der Waals surface area contributed by atoms with Crippen LogP contribution in [0.3, 0.4) is 0 Å². The molecule has 1 saturated heterocycles. The van der Waals surface area contributed by atoms with Crippen LogP contribution in [0.4, 0.5) is 14.9 Å². The Balaban J connectivity index is 1.80. The molecule has 0 spiro atoms. The minimum atomic E-state index is -0.553. The van der Waals surface area contributed by atoms with Crippen molar-refractivity contribution in [3.05, 3.63) is 21.4 Å². The fourth-order valence-corrected chi connectivity index (χ4v) is 3.97. The summed E-state index contributed by atoms with van der Waals surface area (Å²) < 4.78 is 25.8. The average Bonchev–Trinajstić information content (AvgIpc) is 3.18. The number of benzene rings is 1. The number of fused-ring (bicyclic) bond motifs is 1. The first kappa shape index (κ1) is 19.2. The molecular weight excluding hydrogens is 407 g/mol. The predicted molar refractivity (Wildman–Crippen MR) is 99.2 cm³/mol. The van der Waals surface area contributed by atoms with Crippen molar-refractivity contribution in [2.75, 3.05) is 24.6 Å². The molecule has 0 radical (unpaired) electrons. The molecule has 8 heteroatoms. The lowest BCUT2D eigenvalue weighted by Gasteiger charge is -2.26. The van der Waals surface area contributed by atoms with Crippen LogP contribution < -0.4 is 15.0 Å². The maximum Gasteiger partial charge on any atom is 0.407 e. The second-order valence-corrected chi connectivity index (χ2v) is 8.39. The molecular formula is C18H24BrFN2O4. The fourth-order valence-electron chi connectivity index (χ4n) is 3.42. The molecule has 144 valence electrons. The Morgan fingerprint density at radius 1 is 1.50 bits per heavy atom. The number of aliphatic hydroxyl groups is 1. The molecule has 1 aromatic rings. The van der Waals surface area contributed by atoms with E-state index in [1.807, 2.05) is 25.7 Å². The average molecular weight is 431 g/mol. The SMILES string of the molecule is CC(C)(C)OC(=O)NC1CCN(c2c(CO)c(Br)c(F)c3c2OCC3)C1. The smallest absolute Gasteiger partial charge is 0.407 e. The number of rotatable bonds is 3. The maximum absolute atomic E-state index is 14.5. The Bertz CT molecular complexity index is 717. The first-order chi connectivity index (χ1) is 12.2. The fraction of sp³-hybridized carbons (Fsp3) is 0.611. The Kier molecular flexibility index (Phi) is 5.35. The molecule has 2 aliphatic rings. The van der Waals surface area contributed by atoms with Gasteiger partial charge in [0, 0.05) is 30.6 Å². The number of carbonyl (C=O) groups excluding carboxylic acids is 1. The van der Waals surface area contributed by atoms with Crippen molar-refractivity contribution >= 4 is 27.7 Å². The topological polar surface area (TPSA) is 71.0 Å². The van der Waals surface area contributed by atoms with Gasteiger partial charge < -0.3 is 24.8 Å². The van der Waals surface area contributed by atoms with E-state index >= 15 is 0 Å². The first-order valence-electron chi connectivity index (χ1n) is 8.72. The summed E-state index contributed by atoms with van der Waals surface area (Å²) in [7, 11) is 0. The number of hydrogen-bond acceptors (Lipinski definition) is 5. The predicted octanol–water partition coefficient (Wildman–Crippen LogP) is 3.12. The van der Waals surface area contributed by atoms with E-state index in [4.69, 9.17) is 9.47 Å². The number of halogens is 2. The van der Waals surface area contributed by atoms with Gasteiger partial charge in [-0.25, -0.2) is 9.18 Å². The number of hydrogen-bond donors (Lipinski definition) is 2. The quantitative estimate of drug-likeness (QED) is 0.770. The zero-order valence-electron chi connectivity index (χ0n) is 15.2. The zero-order chi connectivity index (χ0) is 19.1. The van der Waals surface area contributed by atoms with Crippen LogP contribution in [0, 0.1) is 5.82 Å². The van der Waals surface area contributed by atoms with Crippen molar-refractivity contribution in [2.45, 2.75) is 51.9 Å². The molecule has 2 heterocycles. The van der Waals surface area contributed by atoms with Gasteiger partial charge in [-0.05, 0) is 43.1 Å². The molecule has 0 aliphatic carbocycles. The second-order valence-electron chi connectivity index (χ2n) is 7.60. The van der Waals surface area contributed by atoms with Gasteiger partial charge in [-0.3, -0.25) is 0 Å². The molecule has 2 aliphatic heterocycles. The summed E-state index contributed by atoms with van der Waals surface area (Å²) in [6.45, 7) is 6.78. The summed E-state index contributed by atoms with van der Waals surface area (Å²) in [6.07, 6.45) is 0.785. The molecule has 0 aromatic heterocycles. The van der Waals surface area contributed by atoms with E-state index in [0.717, 1.165) is 6.42 Å². The molecule has 1 unspecified atom stereocenters. The van der Waals surface area contributed by atoms with Gasteiger partial charge in [0.25, 0.3) is 0 Å². The third-order valence-corrected chi connectivity index (χ3v) is 5.31. The van der Waals surface area contributed by atoms with E-state index in [1.54, 1.807) is 0 Å². The molecule has 1 amide bonds. The second kappa shape index (κ2) is 7.23. The number of carbonyl (C=O) groups is 1. The Morgan fingerprint density at radius 3 is 2.88 bits per heavy atom. The molecule has 0 bridgehead atoms. The van der Waals surface area contributed by atoms with E-state index in [1.165, 1.54) is 0 Å². The third-order valence-electron chi connectivity index (χ3n) is 4.48. The van der Waals surface area contributed by atoms with Crippen molar-refractivity contribution in [1.82, 2.24) is 5.32 Å². The molecule has 2 N–H and O–H groups in total. The zero-order valence-corrected chi connectivity index (χ0v) is 16.8. The van der Waals surface area contributed by atoms with Gasteiger partial charge >= 0.3 is 6.09 Å². The minimum absolute atomic E-state index is 0.0859. The summed E-state index contributed by atoms with van der Waals surface area (Å²) >= 11 is 3.27. The number of amides is 1. The van der Waals surface area contributed by atoms with Gasteiger partial charge in [0.2, 0.25) is 0 Å². The molecule has 26 heavy (non-hydrogen) atoms. The monoisotopic (exact) mass is 430 g/mol. The van der Waals surface area contributed by atoms with Gasteiger partial charge in [-0.1, -0.05) is 0 Å². The number of aliphatic hydroxyl groups excluding tert-OH is 1.